The van der Waals surface area contributed by atoms with Gasteiger partial charge in [-0.15, -0.1) is 0 Å². The first kappa shape index (κ1) is 11.1. The van der Waals surface area contributed by atoms with Gasteiger partial charge in [0.1, 0.15) is 6.04 Å². The van der Waals surface area contributed by atoms with Crippen molar-refractivity contribution in [1.29, 1.82) is 0 Å². The number of carbonyl (C=O) groups is 1. The van der Waals surface area contributed by atoms with Gasteiger partial charge in [0.15, 0.2) is 0 Å². The van der Waals surface area contributed by atoms with Crippen molar-refractivity contribution in [1.82, 2.24) is 0 Å². The Bertz CT molecular complexity index is 68.3. The molecule has 0 aromatic rings. The Kier molecular flexibility index (Phi) is 8.51. The third-order valence-corrected chi connectivity index (χ3v) is 0.390. The number of aliphatic carboxylic acids is 1. The van der Waals surface area contributed by atoms with E-state index in [0.717, 1.165) is 0 Å². The van der Waals surface area contributed by atoms with Crippen molar-refractivity contribution in [2.45, 2.75) is 13.0 Å². The first-order valence-corrected chi connectivity index (χ1v) is 1.63. The number of hydrogen-bond donors (Lipinski definition) is 2. The second-order valence-electron chi connectivity index (χ2n) is 1.13. The van der Waals surface area contributed by atoms with Crippen LogP contribution in [0.1, 0.15) is 8.35 Å². The van der Waals surface area contributed by atoms with E-state index in [-0.39, 0.29) is 59.6 Å². The molecule has 0 fully saturated rings. The molecule has 0 unspecified atom stereocenters. The Hall–Kier alpha value is 1.24. The molecule has 3 N–H and O–H groups in total. The molecule has 0 aliphatic heterocycles. The van der Waals surface area contributed by atoms with Crippen molar-refractivity contribution < 1.29 is 69.5 Å². The van der Waals surface area contributed by atoms with Crippen LogP contribution in [-0.4, -0.2) is 17.1 Å². The maximum Gasteiger partial charge on any atom is 1.00 e. The van der Waals surface area contributed by atoms with E-state index in [1.807, 2.05) is 0 Å². The van der Waals surface area contributed by atoms with E-state index in [1.54, 1.807) is 0 Å². The van der Waals surface area contributed by atoms with E-state index in [9.17, 15) is 4.79 Å². The third kappa shape index (κ3) is 7.24. The molecule has 0 aliphatic rings. The summed E-state index contributed by atoms with van der Waals surface area (Å²) in [7, 11) is 0. The zero-order chi connectivity index (χ0) is 5.15. The second-order valence-corrected chi connectivity index (χ2v) is 1.13. The topological polar surface area (TPSA) is 63.3 Å². The molecule has 0 spiro atoms. The molecule has 0 heterocycles. The van der Waals surface area contributed by atoms with Crippen molar-refractivity contribution in [2.24, 2.45) is 5.73 Å². The standard InChI is InChI=1S/C3H7NO2.Rb.H/c1-2(4)3(5)6;;/h2H,4H2,1H3,(H,5,6);;/q;+1;-1/t2-;;/m0../s1. The molecule has 0 aliphatic carbocycles. The Balaban J connectivity index is -0.000000125. The van der Waals surface area contributed by atoms with Gasteiger partial charge in [0.25, 0.3) is 0 Å². The fourth-order valence-corrected chi connectivity index (χ4v) is 0. The molecule has 0 amide bonds. The van der Waals surface area contributed by atoms with E-state index in [2.05, 4.69) is 0 Å². The van der Waals surface area contributed by atoms with E-state index >= 15 is 0 Å². The summed E-state index contributed by atoms with van der Waals surface area (Å²) >= 11 is 0. The summed E-state index contributed by atoms with van der Waals surface area (Å²) in [4.78, 5) is 9.57. The molecule has 4 heteroatoms. The van der Waals surface area contributed by atoms with Crippen LogP contribution in [-0.2, 0) is 4.79 Å². The molecular weight excluding hydrogens is 168 g/mol. The predicted octanol–water partition coefficient (Wildman–Crippen LogP) is -3.47. The molecule has 0 radical (unpaired) electrons. The first-order chi connectivity index (χ1) is 2.64. The van der Waals surface area contributed by atoms with Crippen LogP contribution >= 0.6 is 0 Å². The number of hydrogen-bond acceptors (Lipinski definition) is 2. The minimum Gasteiger partial charge on any atom is -1.00 e. The SMILES string of the molecule is C[C@H](N)C(=O)O.[H-].[Rb+]. The molecule has 1 atom stereocenters. The predicted molar refractivity (Wildman–Crippen MR) is 22.4 cm³/mol. The average Bonchev–Trinajstić information content (AvgIpc) is 1.36. The molecule has 7 heavy (non-hydrogen) atoms. The molecule has 0 saturated carbocycles. The van der Waals surface area contributed by atoms with Gasteiger partial charge in [0.2, 0.25) is 0 Å². The molecule has 0 bridgehead atoms. The fraction of sp³-hybridized carbons (Fsp3) is 0.667. The fourth-order valence-electron chi connectivity index (χ4n) is 0. The number of carboxylic acid groups (broad SMARTS) is 1. The maximum atomic E-state index is 9.57. The summed E-state index contributed by atoms with van der Waals surface area (Å²) in [5.74, 6) is -0.963. The van der Waals surface area contributed by atoms with Crippen LogP contribution in [0.15, 0.2) is 0 Å². The van der Waals surface area contributed by atoms with Crippen molar-refractivity contribution in [3.63, 3.8) is 0 Å². The summed E-state index contributed by atoms with van der Waals surface area (Å²) in [6, 6.07) is -0.731. The van der Waals surface area contributed by atoms with Crippen molar-refractivity contribution in [2.75, 3.05) is 0 Å². The van der Waals surface area contributed by atoms with E-state index < -0.39 is 12.0 Å². The van der Waals surface area contributed by atoms with Crippen LogP contribution in [0.3, 0.4) is 0 Å². The van der Waals surface area contributed by atoms with Crippen molar-refractivity contribution in [3.05, 3.63) is 0 Å². The molecule has 0 aromatic heterocycles. The van der Waals surface area contributed by atoms with Gasteiger partial charge >= 0.3 is 64.2 Å². The van der Waals surface area contributed by atoms with Crippen molar-refractivity contribution >= 4 is 5.97 Å². The zero-order valence-corrected chi connectivity index (χ0v) is 9.43. The maximum absolute atomic E-state index is 9.57. The van der Waals surface area contributed by atoms with E-state index in [1.165, 1.54) is 6.92 Å². The first-order valence-electron chi connectivity index (χ1n) is 1.63. The molecule has 0 aromatic carbocycles. The van der Waals surface area contributed by atoms with Crippen LogP contribution in [0.4, 0.5) is 0 Å². The summed E-state index contributed by atoms with van der Waals surface area (Å²) in [6.45, 7) is 1.42. The zero-order valence-electron chi connectivity index (χ0n) is 5.51. The number of carboxylic acids is 1. The molecule has 3 nitrogen and oxygen atoms in total. The van der Waals surface area contributed by atoms with Gasteiger partial charge in [0, 0.05) is 0 Å². The Morgan fingerprint density at radius 2 is 2.14 bits per heavy atom. The summed E-state index contributed by atoms with van der Waals surface area (Å²) in [5, 5.41) is 7.87. The molecule has 0 rings (SSSR count). The Morgan fingerprint density at radius 1 is 2.00 bits per heavy atom. The normalized spacial score (nSPS) is 11.7. The van der Waals surface area contributed by atoms with Gasteiger partial charge in [-0.25, -0.2) is 0 Å². The van der Waals surface area contributed by atoms with Gasteiger partial charge in [-0.2, -0.15) is 0 Å². The van der Waals surface area contributed by atoms with Gasteiger partial charge in [-0.1, -0.05) is 0 Å². The summed E-state index contributed by atoms with van der Waals surface area (Å²) in [5.41, 5.74) is 4.84. The van der Waals surface area contributed by atoms with Crippen LogP contribution in [0.2, 0.25) is 0 Å². The van der Waals surface area contributed by atoms with E-state index in [4.69, 9.17) is 10.8 Å². The van der Waals surface area contributed by atoms with Crippen LogP contribution in [0.25, 0.3) is 0 Å². The van der Waals surface area contributed by atoms with E-state index in [0.29, 0.717) is 0 Å². The number of nitrogens with two attached hydrogens (primary N) is 1. The van der Waals surface area contributed by atoms with Gasteiger partial charge in [-0.3, -0.25) is 4.79 Å². The summed E-state index contributed by atoms with van der Waals surface area (Å²) in [6.07, 6.45) is 0. The monoisotopic (exact) mass is 175 g/mol. The number of rotatable bonds is 1. The third-order valence-electron chi connectivity index (χ3n) is 0.390. The van der Waals surface area contributed by atoms with Gasteiger partial charge < -0.3 is 12.3 Å². The molecule has 0 saturated heterocycles. The van der Waals surface area contributed by atoms with Crippen LogP contribution in [0.5, 0.6) is 0 Å². The summed E-state index contributed by atoms with van der Waals surface area (Å²) < 4.78 is 0. The van der Waals surface area contributed by atoms with Crippen molar-refractivity contribution in [3.8, 4) is 0 Å². The van der Waals surface area contributed by atoms with Gasteiger partial charge in [-0.05, 0) is 6.92 Å². The van der Waals surface area contributed by atoms with Gasteiger partial charge in [0.05, 0.1) is 0 Å². The van der Waals surface area contributed by atoms with Crippen LogP contribution < -0.4 is 63.9 Å². The minimum absolute atomic E-state index is 0. The molecule has 38 valence electrons. The second kappa shape index (κ2) is 5.37. The molecular formula is C3H8NO2Rb. The average molecular weight is 176 g/mol. The smallest absolute Gasteiger partial charge is 1.00 e. The minimum atomic E-state index is -0.963. The largest absolute Gasteiger partial charge is 1.00 e. The quantitative estimate of drug-likeness (QED) is 0.436. The van der Waals surface area contributed by atoms with Crippen LogP contribution in [0, 0.1) is 0 Å². The Morgan fingerprint density at radius 3 is 2.14 bits per heavy atom. The Labute approximate surface area is 92.5 Å².